The molecule has 0 amide bonds. The maximum Gasteiger partial charge on any atom is 0.328 e. The molecule has 0 unspecified atom stereocenters. The number of nitrogens with one attached hydrogen (secondary N) is 2. The van der Waals surface area contributed by atoms with E-state index >= 15 is 0 Å². The lowest BCUT2D eigenvalue weighted by Crippen LogP contribution is -2.19. The maximum atomic E-state index is 12.7. The van der Waals surface area contributed by atoms with Crippen LogP contribution >= 0.6 is 23.4 Å². The Hall–Kier alpha value is -2.69. The Morgan fingerprint density at radius 3 is 2.45 bits per heavy atom. The van der Waals surface area contributed by atoms with Gasteiger partial charge in [-0.05, 0) is 24.3 Å². The first-order valence-corrected chi connectivity index (χ1v) is 11.1. The molecule has 0 aliphatic carbocycles. The van der Waals surface area contributed by atoms with Gasteiger partial charge in [0.05, 0.1) is 34.3 Å². The van der Waals surface area contributed by atoms with Crippen LogP contribution < -0.4 is 10.4 Å². The first-order chi connectivity index (χ1) is 13.8. The fraction of sp³-hybridized carbons (Fsp3) is 0.111. The molecule has 11 heteroatoms. The summed E-state index contributed by atoms with van der Waals surface area (Å²) in [7, 11) is -0.581. The van der Waals surface area contributed by atoms with Crippen molar-refractivity contribution in [1.29, 1.82) is 0 Å². The van der Waals surface area contributed by atoms with Gasteiger partial charge in [-0.25, -0.2) is 9.78 Å². The SMILES string of the molecule is Cn1c(=O)n(C)c2cc(Sc3ccccc3Cl)c(NS(=O)(=O)c3cnc[nH]3)cc21. The summed E-state index contributed by atoms with van der Waals surface area (Å²) in [5.74, 6) is 0. The minimum atomic E-state index is -3.89. The van der Waals surface area contributed by atoms with E-state index in [1.807, 2.05) is 18.2 Å². The van der Waals surface area contributed by atoms with Crippen molar-refractivity contribution in [2.24, 2.45) is 14.1 Å². The number of aromatic nitrogens is 4. The fourth-order valence-electron chi connectivity index (χ4n) is 2.93. The van der Waals surface area contributed by atoms with Gasteiger partial charge in [0.25, 0.3) is 10.0 Å². The van der Waals surface area contributed by atoms with Gasteiger partial charge < -0.3 is 4.98 Å². The van der Waals surface area contributed by atoms with Crippen molar-refractivity contribution in [2.75, 3.05) is 4.72 Å². The summed E-state index contributed by atoms with van der Waals surface area (Å²) in [6.45, 7) is 0. The second-order valence-electron chi connectivity index (χ2n) is 6.29. The third kappa shape index (κ3) is 3.54. The number of benzene rings is 2. The molecular formula is C18H16ClN5O3S2. The van der Waals surface area contributed by atoms with Gasteiger partial charge in [0, 0.05) is 23.9 Å². The first kappa shape index (κ1) is 19.6. The van der Waals surface area contributed by atoms with E-state index in [-0.39, 0.29) is 10.7 Å². The third-order valence-corrected chi connectivity index (χ3v) is 7.30. The van der Waals surface area contributed by atoms with Gasteiger partial charge in [-0.15, -0.1) is 0 Å². The lowest BCUT2D eigenvalue weighted by Gasteiger charge is -2.13. The smallest absolute Gasteiger partial charge is 0.328 e. The van der Waals surface area contributed by atoms with E-state index in [0.717, 1.165) is 4.90 Å². The third-order valence-electron chi connectivity index (χ3n) is 4.44. The molecule has 2 N–H and O–H groups in total. The van der Waals surface area contributed by atoms with Crippen molar-refractivity contribution in [3.63, 3.8) is 0 Å². The second-order valence-corrected chi connectivity index (χ2v) is 9.43. The number of hydrogen-bond donors (Lipinski definition) is 2. The van der Waals surface area contributed by atoms with Crippen LogP contribution in [0.1, 0.15) is 0 Å². The Bertz CT molecular complexity index is 1370. The monoisotopic (exact) mass is 449 g/mol. The van der Waals surface area contributed by atoms with Gasteiger partial charge in [0.1, 0.15) is 0 Å². The molecule has 0 aliphatic heterocycles. The highest BCUT2D eigenvalue weighted by atomic mass is 35.5. The number of H-pyrrole nitrogens is 1. The molecule has 29 heavy (non-hydrogen) atoms. The molecule has 0 bridgehead atoms. The predicted octanol–water partition coefficient (Wildman–Crippen LogP) is 3.21. The molecule has 2 aromatic carbocycles. The second kappa shape index (κ2) is 7.29. The van der Waals surface area contributed by atoms with Crippen molar-refractivity contribution < 1.29 is 8.42 Å². The largest absolute Gasteiger partial charge is 0.334 e. The predicted molar refractivity (Wildman–Crippen MR) is 113 cm³/mol. The van der Waals surface area contributed by atoms with Crippen molar-refractivity contribution in [2.45, 2.75) is 14.8 Å². The summed E-state index contributed by atoms with van der Waals surface area (Å²) in [5, 5.41) is 0.482. The number of nitrogens with zero attached hydrogens (tertiary/aromatic N) is 3. The molecule has 0 saturated heterocycles. The molecule has 4 aromatic rings. The maximum absolute atomic E-state index is 12.7. The zero-order valence-corrected chi connectivity index (χ0v) is 17.8. The molecule has 0 atom stereocenters. The lowest BCUT2D eigenvalue weighted by molar-refractivity contribution is 0.598. The van der Waals surface area contributed by atoms with Crippen LogP contribution in [0.5, 0.6) is 0 Å². The molecule has 0 saturated carbocycles. The van der Waals surface area contributed by atoms with Gasteiger partial charge in [0.2, 0.25) is 0 Å². The Morgan fingerprint density at radius 2 is 1.79 bits per heavy atom. The molecule has 0 spiro atoms. The quantitative estimate of drug-likeness (QED) is 0.487. The molecular weight excluding hydrogens is 434 g/mol. The van der Waals surface area contributed by atoms with Gasteiger partial charge in [-0.1, -0.05) is 35.5 Å². The van der Waals surface area contributed by atoms with Crippen LogP contribution in [-0.4, -0.2) is 27.5 Å². The highest BCUT2D eigenvalue weighted by Crippen LogP contribution is 2.39. The van der Waals surface area contributed by atoms with Crippen LogP contribution in [0.25, 0.3) is 11.0 Å². The van der Waals surface area contributed by atoms with Gasteiger partial charge in [-0.2, -0.15) is 8.42 Å². The van der Waals surface area contributed by atoms with Crippen LogP contribution in [0.3, 0.4) is 0 Å². The number of sulfonamides is 1. The van der Waals surface area contributed by atoms with Crippen molar-refractivity contribution in [3.05, 3.63) is 64.4 Å². The molecule has 150 valence electrons. The van der Waals surface area contributed by atoms with Crippen molar-refractivity contribution in [1.82, 2.24) is 19.1 Å². The first-order valence-electron chi connectivity index (χ1n) is 8.41. The van der Waals surface area contributed by atoms with E-state index in [4.69, 9.17) is 11.6 Å². The summed E-state index contributed by atoms with van der Waals surface area (Å²) in [5.41, 5.74) is 1.40. The van der Waals surface area contributed by atoms with Gasteiger partial charge in [-0.3, -0.25) is 13.9 Å². The van der Waals surface area contributed by atoms with E-state index in [1.165, 1.54) is 33.4 Å². The molecule has 0 radical (unpaired) electrons. The average molecular weight is 450 g/mol. The van der Waals surface area contributed by atoms with Crippen LogP contribution in [-0.2, 0) is 24.1 Å². The zero-order chi connectivity index (χ0) is 20.8. The van der Waals surface area contributed by atoms with E-state index < -0.39 is 10.0 Å². The number of hydrogen-bond acceptors (Lipinski definition) is 5. The summed E-state index contributed by atoms with van der Waals surface area (Å²) < 4.78 is 31.0. The van der Waals surface area contributed by atoms with E-state index in [9.17, 15) is 13.2 Å². The number of rotatable bonds is 5. The molecule has 0 aliphatic rings. The number of halogens is 1. The molecule has 2 aromatic heterocycles. The molecule has 0 fully saturated rings. The fourth-order valence-corrected chi connectivity index (χ4v) is 5.16. The summed E-state index contributed by atoms with van der Waals surface area (Å²) in [4.78, 5) is 20.1. The highest BCUT2D eigenvalue weighted by molar-refractivity contribution is 7.99. The minimum absolute atomic E-state index is 0.0618. The van der Waals surface area contributed by atoms with Gasteiger partial charge in [0.15, 0.2) is 5.03 Å². The topological polar surface area (TPSA) is 102 Å². The number of aryl methyl sites for hydroxylation is 2. The standard InChI is InChI=1S/C18H16ClN5O3S2/c1-23-13-7-12(22-29(26,27)17-9-20-10-21-17)16(8-14(13)24(2)18(23)25)28-15-6-4-3-5-11(15)19/h3-10,22H,1-2H3,(H,20,21). The van der Waals surface area contributed by atoms with E-state index in [0.29, 0.717) is 26.6 Å². The number of fused-ring (bicyclic) bond motifs is 1. The number of imidazole rings is 2. The molecule has 8 nitrogen and oxygen atoms in total. The van der Waals surface area contributed by atoms with E-state index in [1.54, 1.807) is 32.3 Å². The summed E-state index contributed by atoms with van der Waals surface area (Å²) in [6, 6.07) is 10.7. The number of anilines is 1. The normalized spacial score (nSPS) is 11.8. The summed E-state index contributed by atoms with van der Waals surface area (Å²) >= 11 is 7.60. The van der Waals surface area contributed by atoms with Crippen molar-refractivity contribution >= 4 is 50.1 Å². The Morgan fingerprint density at radius 1 is 1.10 bits per heavy atom. The summed E-state index contributed by atoms with van der Waals surface area (Å²) in [6.07, 6.45) is 2.51. The Balaban J connectivity index is 1.89. The lowest BCUT2D eigenvalue weighted by atomic mass is 10.3. The average Bonchev–Trinajstić information content (AvgIpc) is 3.30. The van der Waals surface area contributed by atoms with Gasteiger partial charge >= 0.3 is 5.69 Å². The molecule has 2 heterocycles. The van der Waals surface area contributed by atoms with Crippen LogP contribution in [0, 0.1) is 0 Å². The van der Waals surface area contributed by atoms with Crippen molar-refractivity contribution in [3.8, 4) is 0 Å². The zero-order valence-electron chi connectivity index (χ0n) is 15.4. The Labute approximate surface area is 175 Å². The van der Waals surface area contributed by atoms with Crippen LogP contribution in [0.15, 0.2) is 68.5 Å². The van der Waals surface area contributed by atoms with Crippen LogP contribution in [0.2, 0.25) is 5.02 Å². The minimum Gasteiger partial charge on any atom is -0.334 e. The Kier molecular flexibility index (Phi) is 4.93. The number of aromatic amines is 1. The van der Waals surface area contributed by atoms with E-state index in [2.05, 4.69) is 14.7 Å². The highest BCUT2D eigenvalue weighted by Gasteiger charge is 2.21. The van der Waals surface area contributed by atoms with Crippen LogP contribution in [0.4, 0.5) is 5.69 Å². The molecule has 4 rings (SSSR count).